The molecule has 8 heteroatoms. The van der Waals surface area contributed by atoms with Crippen LogP contribution in [0.4, 0.5) is 10.9 Å². The number of hydrogen-bond donors (Lipinski definition) is 1. The van der Waals surface area contributed by atoms with Gasteiger partial charge in [0.1, 0.15) is 5.82 Å². The third-order valence-electron chi connectivity index (χ3n) is 4.03. The molecule has 136 valence electrons. The second kappa shape index (κ2) is 8.09. The Bertz CT molecular complexity index is 829. The summed E-state index contributed by atoms with van der Waals surface area (Å²) in [7, 11) is 1.38. The molecule has 0 aromatic carbocycles. The van der Waals surface area contributed by atoms with E-state index in [0.717, 1.165) is 15.6 Å². The van der Waals surface area contributed by atoms with Crippen molar-refractivity contribution in [1.82, 2.24) is 14.9 Å². The highest BCUT2D eigenvalue weighted by Crippen LogP contribution is 2.21. The maximum Gasteiger partial charge on any atom is 0.305 e. The predicted molar refractivity (Wildman–Crippen MR) is 99.6 cm³/mol. The van der Waals surface area contributed by atoms with E-state index in [1.807, 2.05) is 13.0 Å². The number of esters is 1. The topological polar surface area (TPSA) is 84.4 Å². The second-order valence-electron chi connectivity index (χ2n) is 5.96. The minimum Gasteiger partial charge on any atom is -0.469 e. The van der Waals surface area contributed by atoms with Crippen LogP contribution in [0.15, 0.2) is 36.2 Å². The number of ether oxygens (including phenoxy) is 1. The number of carbonyl (C=O) groups is 2. The maximum absolute atomic E-state index is 12.6. The lowest BCUT2D eigenvalue weighted by atomic mass is 10.1. The lowest BCUT2D eigenvalue weighted by Gasteiger charge is -2.16. The molecule has 3 rings (SSSR count). The second-order valence-corrected chi connectivity index (χ2v) is 7.19. The number of aromatic nitrogens is 2. The summed E-state index contributed by atoms with van der Waals surface area (Å²) in [5, 5.41) is 3.89. The van der Waals surface area contributed by atoms with Crippen molar-refractivity contribution >= 4 is 34.2 Å². The normalized spacial score (nSPS) is 13.5. The van der Waals surface area contributed by atoms with Crippen LogP contribution in [0.25, 0.3) is 0 Å². The lowest BCUT2D eigenvalue weighted by Crippen LogP contribution is -2.29. The molecule has 1 N–H and O–H groups in total. The molecule has 0 bridgehead atoms. The zero-order valence-corrected chi connectivity index (χ0v) is 15.5. The average molecular weight is 372 g/mol. The monoisotopic (exact) mass is 372 g/mol. The van der Waals surface area contributed by atoms with Crippen LogP contribution in [0.3, 0.4) is 0 Å². The number of amides is 1. The van der Waals surface area contributed by atoms with E-state index < -0.39 is 0 Å². The quantitative estimate of drug-likeness (QED) is 0.620. The Morgan fingerprint density at radius 2 is 2.15 bits per heavy atom. The molecule has 0 aliphatic carbocycles. The summed E-state index contributed by atoms with van der Waals surface area (Å²) >= 11 is 1.54. The van der Waals surface area contributed by atoms with Crippen molar-refractivity contribution in [2.24, 2.45) is 0 Å². The average Bonchev–Trinajstić information content (AvgIpc) is 3.29. The fourth-order valence-electron chi connectivity index (χ4n) is 2.61. The van der Waals surface area contributed by atoms with Gasteiger partial charge in [0, 0.05) is 36.8 Å². The zero-order chi connectivity index (χ0) is 18.5. The number of carbonyl (C=O) groups excluding carboxylic acids is 2. The van der Waals surface area contributed by atoms with Crippen LogP contribution in [0.5, 0.6) is 0 Å². The minimum atomic E-state index is -0.238. The first kappa shape index (κ1) is 18.1. The van der Waals surface area contributed by atoms with Crippen LogP contribution in [0, 0.1) is 6.92 Å². The Labute approximate surface area is 155 Å². The van der Waals surface area contributed by atoms with Crippen LogP contribution in [0.1, 0.15) is 28.1 Å². The van der Waals surface area contributed by atoms with E-state index in [-0.39, 0.29) is 11.9 Å². The van der Waals surface area contributed by atoms with Crippen LogP contribution in [-0.4, -0.2) is 46.9 Å². The molecule has 2 aromatic heterocycles. The molecule has 0 atom stereocenters. The van der Waals surface area contributed by atoms with Crippen molar-refractivity contribution in [3.05, 3.63) is 46.6 Å². The van der Waals surface area contributed by atoms with Crippen molar-refractivity contribution in [3.8, 4) is 0 Å². The molecular weight excluding hydrogens is 352 g/mol. The number of nitrogens with zero attached hydrogens (tertiary/aromatic N) is 3. The zero-order valence-electron chi connectivity index (χ0n) is 14.7. The van der Waals surface area contributed by atoms with E-state index in [9.17, 15) is 9.59 Å². The molecular formula is C18H20N4O3S. The number of nitrogens with one attached hydrogen (secondary N) is 1. The molecule has 1 amide bonds. The molecule has 0 saturated heterocycles. The largest absolute Gasteiger partial charge is 0.469 e. The van der Waals surface area contributed by atoms with E-state index in [1.54, 1.807) is 40.8 Å². The van der Waals surface area contributed by atoms with Gasteiger partial charge in [0.05, 0.1) is 12.7 Å². The summed E-state index contributed by atoms with van der Waals surface area (Å²) in [4.78, 5) is 35.2. The fraction of sp³-hybridized carbons (Fsp3) is 0.333. The molecule has 26 heavy (non-hydrogen) atoms. The molecule has 0 unspecified atom stereocenters. The number of pyridine rings is 1. The van der Waals surface area contributed by atoms with Gasteiger partial charge < -0.3 is 15.0 Å². The third-order valence-corrected chi connectivity index (χ3v) is 4.85. The van der Waals surface area contributed by atoms with E-state index in [1.165, 1.54) is 7.11 Å². The number of thiazole rings is 1. The first-order chi connectivity index (χ1) is 12.5. The number of rotatable bonds is 6. The van der Waals surface area contributed by atoms with Gasteiger partial charge in [-0.3, -0.25) is 9.59 Å². The standard InChI is InChI=1S/C18H20N4O3S/c1-12-9-20-18(26-12)21-15-5-4-14(10-19-15)17(24)22-8-7-13(11-22)3-6-16(23)25-2/h4-5,7,9-10H,3,6,8,11H2,1-2H3,(H,19,20,21). The summed E-state index contributed by atoms with van der Waals surface area (Å²) in [5.74, 6) is 0.339. The van der Waals surface area contributed by atoms with Gasteiger partial charge in [-0.25, -0.2) is 9.97 Å². The number of anilines is 2. The van der Waals surface area contributed by atoms with E-state index in [2.05, 4.69) is 20.0 Å². The highest BCUT2D eigenvalue weighted by Gasteiger charge is 2.21. The molecule has 0 fully saturated rings. The van der Waals surface area contributed by atoms with Crippen LogP contribution < -0.4 is 5.32 Å². The van der Waals surface area contributed by atoms with Gasteiger partial charge in [-0.2, -0.15) is 0 Å². The molecule has 1 aliphatic rings. The summed E-state index contributed by atoms with van der Waals surface area (Å²) in [5.41, 5.74) is 1.61. The first-order valence-electron chi connectivity index (χ1n) is 8.24. The predicted octanol–water partition coefficient (Wildman–Crippen LogP) is 2.93. The molecule has 0 spiro atoms. The van der Waals surface area contributed by atoms with Gasteiger partial charge in [0.25, 0.3) is 5.91 Å². The van der Waals surface area contributed by atoms with Crippen LogP contribution in [0.2, 0.25) is 0 Å². The SMILES string of the molecule is COC(=O)CCC1=CCN(C(=O)c2ccc(Nc3ncc(C)s3)nc2)C1. The third kappa shape index (κ3) is 4.45. The Kier molecular flexibility index (Phi) is 5.62. The smallest absolute Gasteiger partial charge is 0.305 e. The summed E-state index contributed by atoms with van der Waals surface area (Å²) in [6.45, 7) is 3.07. The van der Waals surface area contributed by atoms with Gasteiger partial charge in [0.15, 0.2) is 5.13 Å². The van der Waals surface area contributed by atoms with Gasteiger partial charge in [0.2, 0.25) is 0 Å². The Morgan fingerprint density at radius 3 is 2.81 bits per heavy atom. The Hall–Kier alpha value is -2.74. The van der Waals surface area contributed by atoms with Gasteiger partial charge in [-0.15, -0.1) is 11.3 Å². The highest BCUT2D eigenvalue weighted by molar-refractivity contribution is 7.15. The van der Waals surface area contributed by atoms with E-state index in [0.29, 0.717) is 37.3 Å². The van der Waals surface area contributed by atoms with Gasteiger partial charge in [-0.05, 0) is 25.5 Å². The van der Waals surface area contributed by atoms with Gasteiger partial charge in [-0.1, -0.05) is 11.6 Å². The lowest BCUT2D eigenvalue weighted by molar-refractivity contribution is -0.140. The van der Waals surface area contributed by atoms with Crippen LogP contribution in [-0.2, 0) is 9.53 Å². The molecule has 7 nitrogen and oxygen atoms in total. The molecule has 3 heterocycles. The Balaban J connectivity index is 1.54. The minimum absolute atomic E-state index is 0.0709. The first-order valence-corrected chi connectivity index (χ1v) is 9.06. The van der Waals surface area contributed by atoms with Crippen molar-refractivity contribution in [1.29, 1.82) is 0 Å². The highest BCUT2D eigenvalue weighted by atomic mass is 32.1. The summed E-state index contributed by atoms with van der Waals surface area (Å²) < 4.78 is 4.64. The van der Waals surface area contributed by atoms with Crippen molar-refractivity contribution in [2.45, 2.75) is 19.8 Å². The molecule has 2 aromatic rings. The maximum atomic E-state index is 12.6. The molecule has 0 radical (unpaired) electrons. The van der Waals surface area contributed by atoms with Crippen LogP contribution >= 0.6 is 11.3 Å². The molecule has 1 aliphatic heterocycles. The van der Waals surface area contributed by atoms with Crippen molar-refractivity contribution in [2.75, 3.05) is 25.5 Å². The van der Waals surface area contributed by atoms with Crippen molar-refractivity contribution in [3.63, 3.8) is 0 Å². The number of methoxy groups -OCH3 is 1. The van der Waals surface area contributed by atoms with Crippen molar-refractivity contribution < 1.29 is 14.3 Å². The summed E-state index contributed by atoms with van der Waals surface area (Å²) in [6, 6.07) is 3.52. The fourth-order valence-corrected chi connectivity index (χ4v) is 3.28. The van der Waals surface area contributed by atoms with E-state index >= 15 is 0 Å². The molecule has 0 saturated carbocycles. The Morgan fingerprint density at radius 1 is 1.31 bits per heavy atom. The number of hydrogen-bond acceptors (Lipinski definition) is 7. The number of aryl methyl sites for hydroxylation is 1. The van der Waals surface area contributed by atoms with E-state index in [4.69, 9.17) is 0 Å². The summed E-state index contributed by atoms with van der Waals surface area (Å²) in [6.07, 6.45) is 6.31. The van der Waals surface area contributed by atoms with Gasteiger partial charge >= 0.3 is 5.97 Å².